The van der Waals surface area contributed by atoms with E-state index in [-0.39, 0.29) is 18.1 Å². The van der Waals surface area contributed by atoms with Crippen LogP contribution >= 0.6 is 11.3 Å². The zero-order valence-electron chi connectivity index (χ0n) is 12.1. The average molecular weight is 284 g/mol. The Labute approximate surface area is 119 Å². The summed E-state index contributed by atoms with van der Waals surface area (Å²) in [5.74, 6) is 0. The Morgan fingerprint density at radius 2 is 2.11 bits per heavy atom. The maximum Gasteiger partial charge on any atom is 0.317 e. The van der Waals surface area contributed by atoms with Gasteiger partial charge in [-0.3, -0.25) is 0 Å². The van der Waals surface area contributed by atoms with Crippen LogP contribution in [0, 0.1) is 0 Å². The van der Waals surface area contributed by atoms with E-state index < -0.39 is 6.10 Å². The Kier molecular flexibility index (Phi) is 6.31. The van der Waals surface area contributed by atoms with Crippen LogP contribution in [0.2, 0.25) is 0 Å². The van der Waals surface area contributed by atoms with Gasteiger partial charge in [0.2, 0.25) is 0 Å². The molecular weight excluding hydrogens is 260 g/mol. The minimum Gasteiger partial charge on any atom is -0.392 e. The van der Waals surface area contributed by atoms with Crippen molar-refractivity contribution in [1.29, 1.82) is 0 Å². The van der Waals surface area contributed by atoms with Crippen LogP contribution in [0.15, 0.2) is 17.5 Å². The number of amides is 2. The molecule has 0 aliphatic heterocycles. The fraction of sp³-hybridized carbons (Fsp3) is 0.643. The largest absolute Gasteiger partial charge is 0.392 e. The molecule has 0 radical (unpaired) electrons. The fourth-order valence-electron chi connectivity index (χ4n) is 1.89. The monoisotopic (exact) mass is 284 g/mol. The van der Waals surface area contributed by atoms with Crippen molar-refractivity contribution < 1.29 is 9.90 Å². The highest BCUT2D eigenvalue weighted by molar-refractivity contribution is 7.09. The van der Waals surface area contributed by atoms with E-state index in [1.165, 1.54) is 4.88 Å². The topological polar surface area (TPSA) is 52.6 Å². The van der Waals surface area contributed by atoms with Crippen molar-refractivity contribution in [2.24, 2.45) is 0 Å². The molecule has 108 valence electrons. The molecule has 1 heterocycles. The predicted octanol–water partition coefficient (Wildman–Crippen LogP) is 2.48. The Morgan fingerprint density at radius 3 is 2.58 bits per heavy atom. The molecule has 0 aliphatic rings. The number of carbonyl (C=O) groups excluding carboxylic acids is 1. The Hall–Kier alpha value is -1.07. The van der Waals surface area contributed by atoms with Gasteiger partial charge < -0.3 is 15.3 Å². The molecule has 0 saturated carbocycles. The third-order valence-corrected chi connectivity index (χ3v) is 3.70. The highest BCUT2D eigenvalue weighted by Crippen LogP contribution is 2.11. The SMILES string of the molecule is CC(O)CN(C(=O)NC(C)Cc1cccs1)C(C)C. The molecule has 0 aliphatic carbocycles. The molecular formula is C14H24N2O2S. The van der Waals surface area contributed by atoms with Crippen molar-refractivity contribution in [3.63, 3.8) is 0 Å². The molecule has 2 amide bonds. The highest BCUT2D eigenvalue weighted by Gasteiger charge is 2.20. The minimum atomic E-state index is -0.513. The second-order valence-corrected chi connectivity index (χ2v) is 6.26. The summed E-state index contributed by atoms with van der Waals surface area (Å²) < 4.78 is 0. The number of carbonyl (C=O) groups is 1. The van der Waals surface area contributed by atoms with E-state index >= 15 is 0 Å². The summed E-state index contributed by atoms with van der Waals surface area (Å²) >= 11 is 1.70. The highest BCUT2D eigenvalue weighted by atomic mass is 32.1. The lowest BCUT2D eigenvalue weighted by Crippen LogP contribution is -2.49. The summed E-state index contributed by atoms with van der Waals surface area (Å²) in [7, 11) is 0. The first-order valence-electron chi connectivity index (χ1n) is 6.67. The van der Waals surface area contributed by atoms with Crippen molar-refractivity contribution >= 4 is 17.4 Å². The number of thiophene rings is 1. The number of rotatable bonds is 6. The van der Waals surface area contributed by atoms with Crippen molar-refractivity contribution in [2.75, 3.05) is 6.54 Å². The summed E-state index contributed by atoms with van der Waals surface area (Å²) in [4.78, 5) is 15.1. The number of hydrogen-bond acceptors (Lipinski definition) is 3. The van der Waals surface area contributed by atoms with Crippen LogP contribution in [0.1, 0.15) is 32.6 Å². The summed E-state index contributed by atoms with van der Waals surface area (Å²) in [6.45, 7) is 7.95. The third-order valence-electron chi connectivity index (χ3n) is 2.80. The quantitative estimate of drug-likeness (QED) is 0.843. The summed E-state index contributed by atoms with van der Waals surface area (Å²) in [5, 5.41) is 14.5. The van der Waals surface area contributed by atoms with Crippen molar-refractivity contribution in [1.82, 2.24) is 10.2 Å². The number of hydrogen-bond donors (Lipinski definition) is 2. The van der Waals surface area contributed by atoms with Crippen LogP contribution in [0.25, 0.3) is 0 Å². The van der Waals surface area contributed by atoms with Gasteiger partial charge in [0, 0.05) is 29.9 Å². The molecule has 0 bridgehead atoms. The lowest BCUT2D eigenvalue weighted by atomic mass is 10.2. The molecule has 1 rings (SSSR count). The van der Waals surface area contributed by atoms with Gasteiger partial charge in [-0.15, -0.1) is 11.3 Å². The van der Waals surface area contributed by atoms with Gasteiger partial charge in [0.15, 0.2) is 0 Å². The van der Waals surface area contributed by atoms with E-state index in [0.717, 1.165) is 6.42 Å². The van der Waals surface area contributed by atoms with Gasteiger partial charge in [0.25, 0.3) is 0 Å². The number of urea groups is 1. The smallest absolute Gasteiger partial charge is 0.317 e. The lowest BCUT2D eigenvalue weighted by Gasteiger charge is -2.29. The fourth-order valence-corrected chi connectivity index (χ4v) is 2.72. The zero-order valence-corrected chi connectivity index (χ0v) is 12.9. The molecule has 1 aromatic rings. The molecule has 2 unspecified atom stereocenters. The number of aliphatic hydroxyl groups is 1. The second kappa shape index (κ2) is 7.50. The lowest BCUT2D eigenvalue weighted by molar-refractivity contribution is 0.117. The van der Waals surface area contributed by atoms with Crippen LogP contribution in [0.3, 0.4) is 0 Å². The molecule has 19 heavy (non-hydrogen) atoms. The summed E-state index contributed by atoms with van der Waals surface area (Å²) in [6.07, 6.45) is 0.324. The minimum absolute atomic E-state index is 0.0727. The van der Waals surface area contributed by atoms with Gasteiger partial charge in [0.05, 0.1) is 6.10 Å². The van der Waals surface area contributed by atoms with Crippen LogP contribution < -0.4 is 5.32 Å². The molecule has 4 nitrogen and oxygen atoms in total. The Balaban J connectivity index is 2.51. The first kappa shape index (κ1) is 16.0. The molecule has 2 atom stereocenters. The summed E-state index contributed by atoms with van der Waals surface area (Å²) in [5.41, 5.74) is 0. The van der Waals surface area contributed by atoms with E-state index in [2.05, 4.69) is 11.4 Å². The number of aliphatic hydroxyl groups excluding tert-OH is 1. The Morgan fingerprint density at radius 1 is 1.42 bits per heavy atom. The average Bonchev–Trinajstić information content (AvgIpc) is 2.77. The normalized spacial score (nSPS) is 14.2. The first-order valence-corrected chi connectivity index (χ1v) is 7.55. The maximum atomic E-state index is 12.2. The molecule has 0 aromatic carbocycles. The summed E-state index contributed by atoms with van der Waals surface area (Å²) in [6, 6.07) is 4.14. The molecule has 2 N–H and O–H groups in total. The van der Waals surface area contributed by atoms with E-state index in [1.807, 2.05) is 32.2 Å². The van der Waals surface area contributed by atoms with E-state index in [4.69, 9.17) is 0 Å². The number of nitrogens with one attached hydrogen (secondary N) is 1. The maximum absolute atomic E-state index is 12.2. The first-order chi connectivity index (χ1) is 8.90. The van der Waals surface area contributed by atoms with Crippen LogP contribution in [0.5, 0.6) is 0 Å². The zero-order chi connectivity index (χ0) is 14.4. The molecule has 1 aromatic heterocycles. The third kappa shape index (κ3) is 5.61. The van der Waals surface area contributed by atoms with Gasteiger partial charge in [-0.05, 0) is 39.1 Å². The van der Waals surface area contributed by atoms with E-state index in [9.17, 15) is 9.90 Å². The molecule has 0 saturated heterocycles. The predicted molar refractivity (Wildman–Crippen MR) is 79.5 cm³/mol. The van der Waals surface area contributed by atoms with Crippen LogP contribution in [-0.2, 0) is 6.42 Å². The van der Waals surface area contributed by atoms with E-state index in [1.54, 1.807) is 23.2 Å². The van der Waals surface area contributed by atoms with Crippen LogP contribution in [-0.4, -0.2) is 40.8 Å². The van der Waals surface area contributed by atoms with Crippen LogP contribution in [0.4, 0.5) is 4.79 Å². The number of nitrogens with zero attached hydrogens (tertiary/aromatic N) is 1. The van der Waals surface area contributed by atoms with Gasteiger partial charge in [-0.1, -0.05) is 6.07 Å². The van der Waals surface area contributed by atoms with E-state index in [0.29, 0.717) is 6.54 Å². The van der Waals surface area contributed by atoms with Crippen molar-refractivity contribution in [3.05, 3.63) is 22.4 Å². The standard InChI is InChI=1S/C14H24N2O2S/c1-10(2)16(9-12(4)17)14(18)15-11(3)8-13-6-5-7-19-13/h5-7,10-12,17H,8-9H2,1-4H3,(H,15,18). The van der Waals surface area contributed by atoms with Gasteiger partial charge in [-0.2, -0.15) is 0 Å². The van der Waals surface area contributed by atoms with Crippen molar-refractivity contribution in [2.45, 2.75) is 52.3 Å². The molecule has 0 fully saturated rings. The van der Waals surface area contributed by atoms with Gasteiger partial charge in [0.1, 0.15) is 0 Å². The second-order valence-electron chi connectivity index (χ2n) is 5.23. The Bertz CT molecular complexity index is 377. The van der Waals surface area contributed by atoms with Gasteiger partial charge in [-0.25, -0.2) is 4.79 Å². The van der Waals surface area contributed by atoms with Gasteiger partial charge >= 0.3 is 6.03 Å². The molecule has 5 heteroatoms. The van der Waals surface area contributed by atoms with Crippen molar-refractivity contribution in [3.8, 4) is 0 Å². The molecule has 0 spiro atoms.